The fourth-order valence-corrected chi connectivity index (χ4v) is 3.80. The maximum absolute atomic E-state index is 14.1. The lowest BCUT2D eigenvalue weighted by Crippen LogP contribution is -2.52. The normalized spacial score (nSPS) is 14.5. The van der Waals surface area contributed by atoms with Crippen LogP contribution in [-0.4, -0.2) is 26.3 Å². The fourth-order valence-electron chi connectivity index (χ4n) is 1.86. The van der Waals surface area contributed by atoms with Gasteiger partial charge >= 0.3 is 0 Å². The van der Waals surface area contributed by atoms with Crippen molar-refractivity contribution in [2.24, 2.45) is 5.73 Å². The van der Waals surface area contributed by atoms with Gasteiger partial charge in [0.15, 0.2) is 16.7 Å². The molecule has 1 aromatic rings. The Morgan fingerprint density at radius 2 is 2.05 bits per heavy atom. The molecule has 0 radical (unpaired) electrons. The van der Waals surface area contributed by atoms with E-state index in [1.54, 1.807) is 22.6 Å². The molecule has 0 amide bonds. The molecular weight excluding hydrogens is 435 g/mol. The van der Waals surface area contributed by atoms with Crippen LogP contribution in [-0.2, 0) is 15.6 Å². The van der Waals surface area contributed by atoms with E-state index in [1.807, 2.05) is 0 Å². The van der Waals surface area contributed by atoms with E-state index in [9.17, 15) is 17.2 Å². The summed E-state index contributed by atoms with van der Waals surface area (Å²) in [6, 6.07) is 2.35. The number of benzene rings is 1. The van der Waals surface area contributed by atoms with Gasteiger partial charge in [0, 0.05) is 9.13 Å². The molecule has 0 heterocycles. The number of rotatable bonds is 5. The van der Waals surface area contributed by atoms with Crippen molar-refractivity contribution in [3.05, 3.63) is 32.9 Å². The summed E-state index contributed by atoms with van der Waals surface area (Å²) in [5, 5.41) is 2.32. The summed E-state index contributed by atoms with van der Waals surface area (Å²) in [5.41, 5.74) is 3.71. The molecule has 1 atom stereocenters. The lowest BCUT2D eigenvalue weighted by atomic mass is 9.93. The molecule has 0 aliphatic rings. The molecule has 5 nitrogen and oxygen atoms in total. The van der Waals surface area contributed by atoms with Crippen LogP contribution >= 0.6 is 34.8 Å². The summed E-state index contributed by atoms with van der Waals surface area (Å²) in [4.78, 5) is 0. The van der Waals surface area contributed by atoms with Crippen molar-refractivity contribution in [2.75, 3.05) is 12.8 Å². The summed E-state index contributed by atoms with van der Waals surface area (Å²) in [7, 11) is -2.51. The van der Waals surface area contributed by atoms with Crippen LogP contribution in [0.5, 0.6) is 0 Å². The number of thiocarbonyl (C=S) groups is 1. The molecular formula is C11H14F2IN3O2S2. The molecule has 0 aliphatic heterocycles. The average molecular weight is 449 g/mol. The molecule has 0 saturated carbocycles. The van der Waals surface area contributed by atoms with Crippen molar-refractivity contribution in [2.45, 2.75) is 12.5 Å². The van der Waals surface area contributed by atoms with Crippen LogP contribution in [0.2, 0.25) is 0 Å². The Kier molecular flexibility index (Phi) is 5.86. The Hall–Kier alpha value is -0.590. The highest BCUT2D eigenvalue weighted by molar-refractivity contribution is 14.1. The number of hydrogen-bond acceptors (Lipinski definition) is 3. The van der Waals surface area contributed by atoms with E-state index in [4.69, 9.17) is 18.0 Å². The number of nitrogens with two attached hydrogens (primary N) is 1. The molecule has 10 heteroatoms. The minimum absolute atomic E-state index is 0.168. The van der Waals surface area contributed by atoms with Crippen LogP contribution in [0.3, 0.4) is 0 Å². The van der Waals surface area contributed by atoms with Crippen LogP contribution in [0, 0.1) is 15.2 Å². The van der Waals surface area contributed by atoms with Gasteiger partial charge < -0.3 is 11.1 Å². The Bertz CT molecular complexity index is 670. The largest absolute Gasteiger partial charge is 0.376 e. The van der Waals surface area contributed by atoms with Gasteiger partial charge in [-0.1, -0.05) is 0 Å². The molecule has 0 aromatic heterocycles. The summed E-state index contributed by atoms with van der Waals surface area (Å²) in [6.45, 7) is 1.38. The first-order chi connectivity index (χ1) is 9.50. The topological polar surface area (TPSA) is 84.2 Å². The summed E-state index contributed by atoms with van der Waals surface area (Å²) < 4.78 is 53.8. The van der Waals surface area contributed by atoms with Crippen molar-refractivity contribution < 1.29 is 17.2 Å². The third-order valence-corrected chi connectivity index (χ3v) is 5.08. The van der Waals surface area contributed by atoms with Gasteiger partial charge in [0.25, 0.3) is 0 Å². The molecule has 0 unspecified atom stereocenters. The van der Waals surface area contributed by atoms with Gasteiger partial charge in [-0.2, -0.15) is 0 Å². The number of hydrogen-bond donors (Lipinski definition) is 3. The van der Waals surface area contributed by atoms with Gasteiger partial charge in [-0.3, -0.25) is 0 Å². The number of sulfonamides is 1. The Balaban J connectivity index is 3.48. The first-order valence-electron chi connectivity index (χ1n) is 5.64. The van der Waals surface area contributed by atoms with Crippen LogP contribution in [0.4, 0.5) is 8.78 Å². The van der Waals surface area contributed by atoms with E-state index in [1.165, 1.54) is 20.0 Å². The van der Waals surface area contributed by atoms with E-state index in [2.05, 4.69) is 10.0 Å². The average Bonchev–Trinajstić information content (AvgIpc) is 2.31. The second kappa shape index (κ2) is 6.67. The fraction of sp³-hybridized carbons (Fsp3) is 0.364. The van der Waals surface area contributed by atoms with Gasteiger partial charge in [-0.25, -0.2) is 21.9 Å². The highest BCUT2D eigenvalue weighted by Gasteiger charge is 2.36. The maximum Gasteiger partial charge on any atom is 0.213 e. The number of halogens is 3. The quantitative estimate of drug-likeness (QED) is 0.357. The van der Waals surface area contributed by atoms with Crippen LogP contribution < -0.4 is 15.8 Å². The standard InChI is InChI=1S/C11H14F2IN3O2S2/c1-11(17-10(15)20,5-21(18,19)16-2)7-3-6(14)4-8(12)9(7)13/h3-4,16H,5H2,1-2H3,(H3,15,17,20)/t11-/m0/s1. The zero-order chi connectivity index (χ0) is 16.4. The maximum atomic E-state index is 14.1. The Morgan fingerprint density at radius 1 is 1.48 bits per heavy atom. The summed E-state index contributed by atoms with van der Waals surface area (Å²) in [5.74, 6) is -2.78. The molecule has 1 aromatic carbocycles. The molecule has 0 saturated heterocycles. The second-order valence-corrected chi connectivity index (χ2v) is 8.15. The smallest absolute Gasteiger partial charge is 0.213 e. The first kappa shape index (κ1) is 18.5. The molecule has 0 fully saturated rings. The van der Waals surface area contributed by atoms with Gasteiger partial charge in [0.1, 0.15) is 0 Å². The van der Waals surface area contributed by atoms with Crippen LogP contribution in [0.25, 0.3) is 0 Å². The van der Waals surface area contributed by atoms with Gasteiger partial charge in [0.2, 0.25) is 10.0 Å². The molecule has 4 N–H and O–H groups in total. The van der Waals surface area contributed by atoms with E-state index < -0.39 is 32.9 Å². The molecule has 0 bridgehead atoms. The highest BCUT2D eigenvalue weighted by atomic mass is 127. The van der Waals surface area contributed by atoms with Crippen molar-refractivity contribution in [1.82, 2.24) is 10.0 Å². The SMILES string of the molecule is CNS(=O)(=O)C[C@](C)(NC(N)=S)c1cc(I)cc(F)c1F. The summed E-state index contributed by atoms with van der Waals surface area (Å²) >= 11 is 6.52. The summed E-state index contributed by atoms with van der Waals surface area (Å²) in [6.07, 6.45) is 0. The predicted octanol–water partition coefficient (Wildman–Crippen LogP) is 1.17. The number of nitrogens with one attached hydrogen (secondary N) is 2. The highest BCUT2D eigenvalue weighted by Crippen LogP contribution is 2.28. The van der Waals surface area contributed by atoms with Crippen LogP contribution in [0.15, 0.2) is 12.1 Å². The minimum Gasteiger partial charge on any atom is -0.376 e. The van der Waals surface area contributed by atoms with Crippen LogP contribution in [0.1, 0.15) is 12.5 Å². The third kappa shape index (κ3) is 4.69. The van der Waals surface area contributed by atoms with E-state index in [0.29, 0.717) is 3.57 Å². The van der Waals surface area contributed by atoms with Gasteiger partial charge in [-0.05, 0) is 60.9 Å². The lowest BCUT2D eigenvalue weighted by molar-refractivity contribution is 0.424. The molecule has 118 valence electrons. The van der Waals surface area contributed by atoms with Crippen molar-refractivity contribution in [3.63, 3.8) is 0 Å². The first-order valence-corrected chi connectivity index (χ1v) is 8.78. The van der Waals surface area contributed by atoms with Crippen molar-refractivity contribution in [1.29, 1.82) is 0 Å². The third-order valence-electron chi connectivity index (χ3n) is 2.78. The van der Waals surface area contributed by atoms with Gasteiger partial charge in [-0.15, -0.1) is 0 Å². The Labute approximate surface area is 140 Å². The zero-order valence-electron chi connectivity index (χ0n) is 11.2. The zero-order valence-corrected chi connectivity index (χ0v) is 15.0. The predicted molar refractivity (Wildman–Crippen MR) is 89.2 cm³/mol. The van der Waals surface area contributed by atoms with Gasteiger partial charge in [0.05, 0.1) is 11.3 Å². The minimum atomic E-state index is -3.73. The van der Waals surface area contributed by atoms with Crippen molar-refractivity contribution in [3.8, 4) is 0 Å². The van der Waals surface area contributed by atoms with E-state index in [0.717, 1.165) is 6.07 Å². The van der Waals surface area contributed by atoms with Crippen molar-refractivity contribution >= 4 is 49.9 Å². The lowest BCUT2D eigenvalue weighted by Gasteiger charge is -2.31. The second-order valence-electron chi connectivity index (χ2n) is 4.53. The van der Waals surface area contributed by atoms with E-state index in [-0.39, 0.29) is 10.7 Å². The Morgan fingerprint density at radius 3 is 2.52 bits per heavy atom. The van der Waals surface area contributed by atoms with E-state index >= 15 is 0 Å². The monoisotopic (exact) mass is 449 g/mol. The molecule has 21 heavy (non-hydrogen) atoms. The molecule has 0 aliphatic carbocycles. The molecule has 1 rings (SSSR count). The molecule has 0 spiro atoms.